The van der Waals surface area contributed by atoms with Gasteiger partial charge in [-0.25, -0.2) is 4.98 Å². The fraction of sp³-hybridized carbons (Fsp3) is 0.750. The van der Waals surface area contributed by atoms with Crippen LogP contribution in [0.3, 0.4) is 0 Å². The fourth-order valence-electron chi connectivity index (χ4n) is 3.68. The van der Waals surface area contributed by atoms with E-state index in [1.807, 2.05) is 19.0 Å². The second kappa shape index (κ2) is 5.89. The van der Waals surface area contributed by atoms with Gasteiger partial charge in [0.25, 0.3) is 0 Å². The van der Waals surface area contributed by atoms with Crippen LogP contribution >= 0.6 is 0 Å². The van der Waals surface area contributed by atoms with Crippen LogP contribution in [0.5, 0.6) is 0 Å². The number of hydrogen-bond acceptors (Lipinski definition) is 7. The molecule has 0 aromatic carbocycles. The van der Waals surface area contributed by atoms with Gasteiger partial charge in [0.1, 0.15) is 24.1 Å². The van der Waals surface area contributed by atoms with Crippen molar-refractivity contribution in [2.75, 3.05) is 37.5 Å². The molecule has 2 saturated heterocycles. The molecule has 2 aliphatic heterocycles. The van der Waals surface area contributed by atoms with Gasteiger partial charge in [0.2, 0.25) is 5.95 Å². The summed E-state index contributed by atoms with van der Waals surface area (Å²) in [5, 5.41) is 13.4. The largest absolute Gasteiger partial charge is 0.388 e. The summed E-state index contributed by atoms with van der Waals surface area (Å²) in [5.41, 5.74) is 2.38. The molecule has 7 heteroatoms. The summed E-state index contributed by atoms with van der Waals surface area (Å²) in [7, 11) is 3.92. The van der Waals surface area contributed by atoms with Crippen molar-refractivity contribution < 1.29 is 14.6 Å². The summed E-state index contributed by atoms with van der Waals surface area (Å²) in [5.74, 6) is 1.63. The van der Waals surface area contributed by atoms with Gasteiger partial charge >= 0.3 is 0 Å². The molecule has 0 saturated carbocycles. The summed E-state index contributed by atoms with van der Waals surface area (Å²) in [6.07, 6.45) is 3.52. The maximum atomic E-state index is 9.88. The van der Waals surface area contributed by atoms with E-state index >= 15 is 0 Å². The molecule has 1 aromatic rings. The van der Waals surface area contributed by atoms with Gasteiger partial charge in [-0.05, 0) is 25.7 Å². The number of fused-ring (bicyclic) bond motifs is 2. The topological polar surface area (TPSA) is 79.7 Å². The zero-order chi connectivity index (χ0) is 16.0. The first-order valence-electron chi connectivity index (χ1n) is 8.38. The minimum atomic E-state index is -0.525. The lowest BCUT2D eigenvalue weighted by Gasteiger charge is -2.25. The lowest BCUT2D eigenvalue weighted by molar-refractivity contribution is 0.0184. The SMILES string of the molecule is CN(C)c1nc2c(c(N[C@@H]3CO[C@H]4[C@@H]3OC[C@H]4O)n1)CCCC2. The van der Waals surface area contributed by atoms with E-state index in [4.69, 9.17) is 19.4 Å². The van der Waals surface area contributed by atoms with Gasteiger partial charge in [0, 0.05) is 19.7 Å². The van der Waals surface area contributed by atoms with E-state index in [-0.39, 0.29) is 18.2 Å². The Balaban J connectivity index is 1.62. The zero-order valence-corrected chi connectivity index (χ0v) is 13.7. The van der Waals surface area contributed by atoms with Crippen LogP contribution in [-0.4, -0.2) is 66.7 Å². The average Bonchev–Trinajstić information content (AvgIpc) is 3.11. The third-order valence-corrected chi connectivity index (χ3v) is 4.92. The number of aromatic nitrogens is 2. The fourth-order valence-corrected chi connectivity index (χ4v) is 3.68. The number of rotatable bonds is 3. The molecule has 4 atom stereocenters. The van der Waals surface area contributed by atoms with Crippen LogP contribution in [0.2, 0.25) is 0 Å². The molecule has 4 rings (SSSR count). The molecule has 0 radical (unpaired) electrons. The molecule has 3 heterocycles. The molecule has 0 bridgehead atoms. The molecule has 1 aromatic heterocycles. The number of nitrogens with zero attached hydrogens (tertiary/aromatic N) is 3. The Hall–Kier alpha value is -1.44. The van der Waals surface area contributed by atoms with E-state index in [2.05, 4.69) is 5.32 Å². The summed E-state index contributed by atoms with van der Waals surface area (Å²) in [4.78, 5) is 11.3. The number of aliphatic hydroxyl groups is 1. The molecule has 3 aliphatic rings. The van der Waals surface area contributed by atoms with Crippen molar-refractivity contribution >= 4 is 11.8 Å². The molecule has 0 spiro atoms. The minimum Gasteiger partial charge on any atom is -0.388 e. The lowest BCUT2D eigenvalue weighted by atomic mass is 9.96. The second-order valence-electron chi connectivity index (χ2n) is 6.81. The van der Waals surface area contributed by atoms with Crippen LogP contribution in [-0.2, 0) is 22.3 Å². The number of aryl methyl sites for hydroxylation is 1. The van der Waals surface area contributed by atoms with Crippen LogP contribution in [0.15, 0.2) is 0 Å². The Kier molecular flexibility index (Phi) is 3.87. The van der Waals surface area contributed by atoms with E-state index in [1.165, 1.54) is 18.4 Å². The van der Waals surface area contributed by atoms with Crippen molar-refractivity contribution in [3.63, 3.8) is 0 Å². The first kappa shape index (κ1) is 15.1. The molecular weight excluding hydrogens is 296 g/mol. The molecule has 1 aliphatic carbocycles. The van der Waals surface area contributed by atoms with E-state index in [9.17, 15) is 5.11 Å². The molecule has 0 amide bonds. The first-order chi connectivity index (χ1) is 11.1. The molecule has 126 valence electrons. The van der Waals surface area contributed by atoms with Gasteiger partial charge in [-0.2, -0.15) is 4.98 Å². The van der Waals surface area contributed by atoms with Crippen molar-refractivity contribution in [2.24, 2.45) is 0 Å². The smallest absolute Gasteiger partial charge is 0.227 e. The van der Waals surface area contributed by atoms with Crippen molar-refractivity contribution in [3.05, 3.63) is 11.3 Å². The molecule has 23 heavy (non-hydrogen) atoms. The molecular formula is C16H24N4O3. The Morgan fingerprint density at radius 1 is 1.09 bits per heavy atom. The predicted octanol–water partition coefficient (Wildman–Crippen LogP) is 0.360. The lowest BCUT2D eigenvalue weighted by Crippen LogP contribution is -2.36. The maximum absolute atomic E-state index is 9.88. The summed E-state index contributed by atoms with van der Waals surface area (Å²) in [6.45, 7) is 0.876. The van der Waals surface area contributed by atoms with Crippen molar-refractivity contribution in [2.45, 2.75) is 50.0 Å². The van der Waals surface area contributed by atoms with E-state index < -0.39 is 6.10 Å². The van der Waals surface area contributed by atoms with Gasteiger partial charge in [-0.15, -0.1) is 0 Å². The van der Waals surface area contributed by atoms with Gasteiger partial charge in [0.15, 0.2) is 0 Å². The third-order valence-electron chi connectivity index (χ3n) is 4.92. The van der Waals surface area contributed by atoms with Crippen molar-refractivity contribution in [1.29, 1.82) is 0 Å². The summed E-state index contributed by atoms with van der Waals surface area (Å²) >= 11 is 0. The van der Waals surface area contributed by atoms with Gasteiger partial charge < -0.3 is 24.8 Å². The first-order valence-corrected chi connectivity index (χ1v) is 8.38. The van der Waals surface area contributed by atoms with E-state index in [1.54, 1.807) is 0 Å². The molecule has 7 nitrogen and oxygen atoms in total. The highest BCUT2D eigenvalue weighted by atomic mass is 16.6. The van der Waals surface area contributed by atoms with E-state index in [0.717, 1.165) is 30.3 Å². The Labute approximate surface area is 136 Å². The standard InChI is InChI=1S/C16H24N4O3/c1-20(2)16-18-10-6-4-3-5-9(10)15(19-16)17-11-7-22-14-12(21)8-23-13(11)14/h11-14,21H,3-8H2,1-2H3,(H,17,18,19)/t11-,12-,13-,14-/m1/s1. The van der Waals surface area contributed by atoms with Crippen LogP contribution < -0.4 is 10.2 Å². The number of hydrogen-bond donors (Lipinski definition) is 2. The normalized spacial score (nSPS) is 32.5. The zero-order valence-electron chi connectivity index (χ0n) is 13.7. The Morgan fingerprint density at radius 2 is 1.87 bits per heavy atom. The second-order valence-corrected chi connectivity index (χ2v) is 6.81. The van der Waals surface area contributed by atoms with E-state index in [0.29, 0.717) is 13.2 Å². The van der Waals surface area contributed by atoms with Crippen LogP contribution in [0.1, 0.15) is 24.1 Å². The molecule has 2 N–H and O–H groups in total. The molecule has 0 unspecified atom stereocenters. The highest BCUT2D eigenvalue weighted by Crippen LogP contribution is 2.32. The Bertz CT molecular complexity index is 595. The third kappa shape index (κ3) is 2.66. The highest BCUT2D eigenvalue weighted by molar-refractivity contribution is 5.53. The van der Waals surface area contributed by atoms with Gasteiger partial charge in [-0.3, -0.25) is 0 Å². The van der Waals surface area contributed by atoms with Crippen molar-refractivity contribution in [3.8, 4) is 0 Å². The number of nitrogens with one attached hydrogen (secondary N) is 1. The number of aliphatic hydroxyl groups excluding tert-OH is 1. The van der Waals surface area contributed by atoms with Crippen molar-refractivity contribution in [1.82, 2.24) is 9.97 Å². The summed E-state index contributed by atoms with van der Waals surface area (Å²) in [6, 6.07) is 0.0214. The van der Waals surface area contributed by atoms with Gasteiger partial charge in [0.05, 0.1) is 24.9 Å². The highest BCUT2D eigenvalue weighted by Gasteiger charge is 2.47. The maximum Gasteiger partial charge on any atom is 0.227 e. The minimum absolute atomic E-state index is 0.0214. The van der Waals surface area contributed by atoms with Gasteiger partial charge in [-0.1, -0.05) is 0 Å². The van der Waals surface area contributed by atoms with Crippen LogP contribution in [0.25, 0.3) is 0 Å². The van der Waals surface area contributed by atoms with Crippen LogP contribution in [0, 0.1) is 0 Å². The summed E-state index contributed by atoms with van der Waals surface area (Å²) < 4.78 is 11.4. The monoisotopic (exact) mass is 320 g/mol. The van der Waals surface area contributed by atoms with Crippen LogP contribution in [0.4, 0.5) is 11.8 Å². The predicted molar refractivity (Wildman–Crippen MR) is 85.9 cm³/mol. The average molecular weight is 320 g/mol. The Morgan fingerprint density at radius 3 is 2.70 bits per heavy atom. The molecule has 2 fully saturated rings. The number of anilines is 2. The number of ether oxygens (including phenoxy) is 2. The quantitative estimate of drug-likeness (QED) is 0.832.